The summed E-state index contributed by atoms with van der Waals surface area (Å²) in [6.45, 7) is 0. The van der Waals surface area contributed by atoms with Crippen molar-refractivity contribution in [1.29, 1.82) is 0 Å². The van der Waals surface area contributed by atoms with E-state index in [1.807, 2.05) is 0 Å². The van der Waals surface area contributed by atoms with Crippen LogP contribution in [0.1, 0.15) is 16.1 Å². The number of carbonyl (C=O) groups is 1. The third-order valence-electron chi connectivity index (χ3n) is 2.45. The molecule has 0 atom stereocenters. The predicted molar refractivity (Wildman–Crippen MR) is 71.6 cm³/mol. The fourth-order valence-corrected chi connectivity index (χ4v) is 2.33. The van der Waals surface area contributed by atoms with Gasteiger partial charge in [0.1, 0.15) is 11.9 Å². The number of aromatic nitrogens is 2. The van der Waals surface area contributed by atoms with E-state index in [1.54, 1.807) is 12.1 Å². The maximum Gasteiger partial charge on any atom is 0.339 e. The van der Waals surface area contributed by atoms with Crippen LogP contribution in [-0.2, 0) is 5.75 Å². The number of rotatable bonds is 5. The lowest BCUT2D eigenvalue weighted by atomic mass is 10.2. The Balaban J connectivity index is 2.09. The van der Waals surface area contributed by atoms with E-state index in [0.717, 1.165) is 4.90 Å². The van der Waals surface area contributed by atoms with Gasteiger partial charge in [0.25, 0.3) is 5.69 Å². The van der Waals surface area contributed by atoms with Crippen molar-refractivity contribution in [3.05, 3.63) is 58.2 Å². The normalized spacial score (nSPS) is 10.2. The average Bonchev–Trinajstić information content (AvgIpc) is 2.45. The Hall–Kier alpha value is -2.48. The van der Waals surface area contributed by atoms with Crippen LogP contribution in [-0.4, -0.2) is 26.0 Å². The first-order valence-electron chi connectivity index (χ1n) is 5.47. The number of aromatic carboxylic acids is 1. The molecule has 1 aromatic heterocycles. The van der Waals surface area contributed by atoms with Gasteiger partial charge in [0.2, 0.25) is 0 Å². The van der Waals surface area contributed by atoms with Crippen LogP contribution < -0.4 is 0 Å². The zero-order valence-corrected chi connectivity index (χ0v) is 10.9. The van der Waals surface area contributed by atoms with Gasteiger partial charge in [-0.15, -0.1) is 11.8 Å². The van der Waals surface area contributed by atoms with Crippen molar-refractivity contribution < 1.29 is 14.8 Å². The van der Waals surface area contributed by atoms with E-state index in [1.165, 1.54) is 36.4 Å². The molecule has 8 heteroatoms. The van der Waals surface area contributed by atoms with Crippen molar-refractivity contribution in [3.8, 4) is 0 Å². The number of benzene rings is 1. The Morgan fingerprint density at radius 3 is 2.65 bits per heavy atom. The number of carboxylic acids is 1. The molecule has 2 aromatic rings. The maximum absolute atomic E-state index is 11.0. The molecular formula is C12H9N3O4S. The van der Waals surface area contributed by atoms with Crippen molar-refractivity contribution in [2.45, 2.75) is 10.6 Å². The highest BCUT2D eigenvalue weighted by Crippen LogP contribution is 2.25. The molecule has 0 bridgehead atoms. The highest BCUT2D eigenvalue weighted by Gasteiger charge is 2.12. The van der Waals surface area contributed by atoms with Gasteiger partial charge in [-0.2, -0.15) is 0 Å². The van der Waals surface area contributed by atoms with Crippen LogP contribution in [0.3, 0.4) is 0 Å². The van der Waals surface area contributed by atoms with Gasteiger partial charge in [-0.05, 0) is 12.1 Å². The maximum atomic E-state index is 11.0. The van der Waals surface area contributed by atoms with Crippen LogP contribution in [0, 0.1) is 10.1 Å². The molecule has 0 spiro atoms. The summed E-state index contributed by atoms with van der Waals surface area (Å²) in [4.78, 5) is 29.5. The van der Waals surface area contributed by atoms with E-state index < -0.39 is 10.9 Å². The van der Waals surface area contributed by atoms with Crippen LogP contribution in [0.5, 0.6) is 0 Å². The van der Waals surface area contributed by atoms with Gasteiger partial charge in [-0.1, -0.05) is 0 Å². The van der Waals surface area contributed by atoms with Crippen molar-refractivity contribution in [3.63, 3.8) is 0 Å². The van der Waals surface area contributed by atoms with Crippen molar-refractivity contribution >= 4 is 23.4 Å². The molecule has 7 nitrogen and oxygen atoms in total. The third-order valence-corrected chi connectivity index (χ3v) is 3.47. The Labute approximate surface area is 117 Å². The number of hydrogen-bond acceptors (Lipinski definition) is 6. The van der Waals surface area contributed by atoms with E-state index in [-0.39, 0.29) is 11.3 Å². The van der Waals surface area contributed by atoms with Gasteiger partial charge in [0.15, 0.2) is 0 Å². The summed E-state index contributed by atoms with van der Waals surface area (Å²) in [5, 5.41) is 19.5. The van der Waals surface area contributed by atoms with Crippen molar-refractivity contribution in [2.75, 3.05) is 0 Å². The first-order valence-corrected chi connectivity index (χ1v) is 6.46. The molecule has 0 fully saturated rings. The molecule has 0 aliphatic carbocycles. The Morgan fingerprint density at radius 1 is 1.35 bits per heavy atom. The zero-order valence-electron chi connectivity index (χ0n) is 10.1. The minimum Gasteiger partial charge on any atom is -0.478 e. The van der Waals surface area contributed by atoms with Gasteiger partial charge in [0.05, 0.1) is 10.6 Å². The molecule has 1 aromatic carbocycles. The van der Waals surface area contributed by atoms with Gasteiger partial charge >= 0.3 is 5.97 Å². The second-order valence-corrected chi connectivity index (χ2v) is 4.78. The molecular weight excluding hydrogens is 282 g/mol. The van der Waals surface area contributed by atoms with Crippen LogP contribution in [0.4, 0.5) is 5.69 Å². The fourth-order valence-electron chi connectivity index (χ4n) is 1.46. The van der Waals surface area contributed by atoms with E-state index in [4.69, 9.17) is 5.11 Å². The van der Waals surface area contributed by atoms with E-state index in [0.29, 0.717) is 11.4 Å². The third kappa shape index (κ3) is 3.29. The van der Waals surface area contributed by atoms with E-state index >= 15 is 0 Å². The molecule has 0 radical (unpaired) electrons. The van der Waals surface area contributed by atoms with Gasteiger partial charge in [-0.3, -0.25) is 10.1 Å². The van der Waals surface area contributed by atoms with Gasteiger partial charge in [-0.25, -0.2) is 14.8 Å². The smallest absolute Gasteiger partial charge is 0.339 e. The summed E-state index contributed by atoms with van der Waals surface area (Å²) < 4.78 is 0. The van der Waals surface area contributed by atoms with Crippen molar-refractivity contribution in [1.82, 2.24) is 9.97 Å². The Bertz CT molecular complexity index is 645. The molecule has 0 amide bonds. The zero-order chi connectivity index (χ0) is 14.5. The topological polar surface area (TPSA) is 106 Å². The largest absolute Gasteiger partial charge is 0.478 e. The predicted octanol–water partition coefficient (Wildman–Crippen LogP) is 2.38. The molecule has 1 heterocycles. The number of hydrogen-bond donors (Lipinski definition) is 1. The average molecular weight is 291 g/mol. The first-order chi connectivity index (χ1) is 9.58. The summed E-state index contributed by atoms with van der Waals surface area (Å²) in [7, 11) is 0. The van der Waals surface area contributed by atoms with Crippen LogP contribution in [0.15, 0.2) is 41.7 Å². The number of nitrogens with zero attached hydrogens (tertiary/aromatic N) is 3. The standard InChI is InChI=1S/C12H9N3O4S/c16-12(17)10-5-13-7-14-11(10)6-20-9-3-1-8(2-4-9)15(18)19/h1-5,7H,6H2,(H,16,17). The second kappa shape index (κ2) is 6.11. The molecule has 0 saturated heterocycles. The number of carboxylic acid groups (broad SMARTS) is 1. The Kier molecular flexibility index (Phi) is 4.26. The lowest BCUT2D eigenvalue weighted by Gasteiger charge is -2.04. The molecule has 0 unspecified atom stereocenters. The lowest BCUT2D eigenvalue weighted by molar-refractivity contribution is -0.384. The van der Waals surface area contributed by atoms with E-state index in [9.17, 15) is 14.9 Å². The number of thioether (sulfide) groups is 1. The summed E-state index contributed by atoms with van der Waals surface area (Å²) >= 11 is 1.35. The van der Waals surface area contributed by atoms with E-state index in [2.05, 4.69) is 9.97 Å². The number of nitro groups is 1. The monoisotopic (exact) mass is 291 g/mol. The van der Waals surface area contributed by atoms with Gasteiger partial charge < -0.3 is 5.11 Å². The summed E-state index contributed by atoms with van der Waals surface area (Å²) in [6, 6.07) is 6.04. The Morgan fingerprint density at radius 2 is 2.05 bits per heavy atom. The van der Waals surface area contributed by atoms with Gasteiger partial charge in [0, 0.05) is 29.0 Å². The minimum absolute atomic E-state index is 0.0163. The number of non-ortho nitro benzene ring substituents is 1. The van der Waals surface area contributed by atoms with Crippen LogP contribution in [0.2, 0.25) is 0 Å². The molecule has 0 aliphatic heterocycles. The second-order valence-electron chi connectivity index (χ2n) is 3.73. The quantitative estimate of drug-likeness (QED) is 0.512. The SMILES string of the molecule is O=C(O)c1cncnc1CSc1ccc([N+](=O)[O-])cc1. The van der Waals surface area contributed by atoms with Crippen molar-refractivity contribution in [2.24, 2.45) is 0 Å². The molecule has 0 saturated carbocycles. The number of nitro benzene ring substituents is 1. The summed E-state index contributed by atoms with van der Waals surface area (Å²) in [6.07, 6.45) is 2.54. The molecule has 2 rings (SSSR count). The summed E-state index contributed by atoms with van der Waals surface area (Å²) in [5.74, 6) is -0.730. The van der Waals surface area contributed by atoms with Crippen LogP contribution in [0.25, 0.3) is 0 Å². The van der Waals surface area contributed by atoms with Crippen LogP contribution >= 0.6 is 11.8 Å². The summed E-state index contributed by atoms with van der Waals surface area (Å²) in [5.41, 5.74) is 0.486. The first kappa shape index (κ1) is 13.9. The molecule has 0 aliphatic rings. The minimum atomic E-state index is -1.08. The highest BCUT2D eigenvalue weighted by molar-refractivity contribution is 7.98. The highest BCUT2D eigenvalue weighted by atomic mass is 32.2. The molecule has 20 heavy (non-hydrogen) atoms. The lowest BCUT2D eigenvalue weighted by Crippen LogP contribution is -2.04. The molecule has 102 valence electrons. The fraction of sp³-hybridized carbons (Fsp3) is 0.0833. The molecule has 1 N–H and O–H groups in total.